The lowest BCUT2D eigenvalue weighted by atomic mass is 10.2. The summed E-state index contributed by atoms with van der Waals surface area (Å²) in [5, 5.41) is 0. The number of carbonyl (C=O) groups excluding carboxylic acids is 1. The Morgan fingerprint density at radius 1 is 1.78 bits per heavy atom. The molecule has 50 valence electrons. The summed E-state index contributed by atoms with van der Waals surface area (Å²) in [4.78, 5) is 10.6. The van der Waals surface area contributed by atoms with Crippen molar-refractivity contribution in [2.75, 3.05) is 0 Å². The maximum atomic E-state index is 10.6. The minimum atomic E-state index is -0.0886. The first-order valence-corrected chi connectivity index (χ1v) is 3.22. The smallest absolute Gasteiger partial charge is 0.311 e. The summed E-state index contributed by atoms with van der Waals surface area (Å²) in [7, 11) is 0. The van der Waals surface area contributed by atoms with Crippen molar-refractivity contribution in [1.82, 2.24) is 0 Å². The summed E-state index contributed by atoms with van der Waals surface area (Å²) in [5.74, 6) is 0.737. The average Bonchev–Trinajstić information content (AvgIpc) is 1.88. The molecule has 9 heavy (non-hydrogen) atoms. The van der Waals surface area contributed by atoms with E-state index < -0.39 is 0 Å². The van der Waals surface area contributed by atoms with Crippen LogP contribution in [0.25, 0.3) is 0 Å². The van der Waals surface area contributed by atoms with Crippen LogP contribution in [0, 0.1) is 0 Å². The van der Waals surface area contributed by atoms with E-state index in [4.69, 9.17) is 4.74 Å². The van der Waals surface area contributed by atoms with Gasteiger partial charge in [-0.3, -0.25) is 4.79 Å². The molecule has 0 N–H and O–H groups in total. The predicted molar refractivity (Wildman–Crippen MR) is 33.7 cm³/mol. The molecule has 1 rings (SSSR count). The van der Waals surface area contributed by atoms with Crippen molar-refractivity contribution in [3.63, 3.8) is 0 Å². The summed E-state index contributed by atoms with van der Waals surface area (Å²) < 4.78 is 4.86. The largest absolute Gasteiger partial charge is 0.431 e. The van der Waals surface area contributed by atoms with E-state index in [0.29, 0.717) is 6.42 Å². The van der Waals surface area contributed by atoms with Crippen LogP contribution >= 0.6 is 0 Å². The molecule has 0 aromatic carbocycles. The topological polar surface area (TPSA) is 26.3 Å². The summed E-state index contributed by atoms with van der Waals surface area (Å²) in [6, 6.07) is 0. The zero-order valence-corrected chi connectivity index (χ0v) is 5.52. The highest BCUT2D eigenvalue weighted by atomic mass is 16.5. The van der Waals surface area contributed by atoms with Crippen molar-refractivity contribution in [3.8, 4) is 0 Å². The van der Waals surface area contributed by atoms with E-state index in [-0.39, 0.29) is 5.97 Å². The van der Waals surface area contributed by atoms with Gasteiger partial charge in [0.15, 0.2) is 0 Å². The van der Waals surface area contributed by atoms with Crippen LogP contribution in [-0.2, 0) is 9.53 Å². The van der Waals surface area contributed by atoms with Crippen molar-refractivity contribution >= 4 is 5.97 Å². The number of hydrogen-bond donors (Lipinski definition) is 0. The molecule has 0 fully saturated rings. The number of esters is 1. The lowest BCUT2D eigenvalue weighted by molar-refractivity contribution is -0.140. The van der Waals surface area contributed by atoms with Gasteiger partial charge >= 0.3 is 5.97 Å². The van der Waals surface area contributed by atoms with E-state index in [1.807, 2.05) is 13.0 Å². The molecule has 0 radical (unpaired) electrons. The van der Waals surface area contributed by atoms with Gasteiger partial charge in [-0.05, 0) is 12.5 Å². The molecule has 0 amide bonds. The summed E-state index contributed by atoms with van der Waals surface area (Å²) in [6.07, 6.45) is 4.19. The zero-order valence-electron chi connectivity index (χ0n) is 5.52. The molecule has 0 bridgehead atoms. The SMILES string of the molecule is CCC1=CCCC(=O)O1. The Morgan fingerprint density at radius 3 is 3.00 bits per heavy atom. The zero-order chi connectivity index (χ0) is 6.69. The fraction of sp³-hybridized carbons (Fsp3) is 0.571. The van der Waals surface area contributed by atoms with Crippen LogP contribution in [0.4, 0.5) is 0 Å². The Balaban J connectivity index is 2.53. The standard InChI is InChI=1S/C7H10O2/c1-2-6-4-3-5-7(8)9-6/h4H,2-3,5H2,1H3. The van der Waals surface area contributed by atoms with Crippen LogP contribution in [0.15, 0.2) is 11.8 Å². The van der Waals surface area contributed by atoms with Gasteiger partial charge in [0, 0.05) is 12.8 Å². The van der Waals surface area contributed by atoms with Gasteiger partial charge in [-0.25, -0.2) is 0 Å². The second kappa shape index (κ2) is 2.67. The summed E-state index contributed by atoms with van der Waals surface area (Å²) in [5.41, 5.74) is 0. The van der Waals surface area contributed by atoms with Gasteiger partial charge in [0.05, 0.1) is 0 Å². The van der Waals surface area contributed by atoms with E-state index in [0.717, 1.165) is 18.6 Å². The number of cyclic esters (lactones) is 1. The molecule has 0 aromatic heterocycles. The normalized spacial score (nSPS) is 18.8. The molecule has 0 spiro atoms. The van der Waals surface area contributed by atoms with Crippen molar-refractivity contribution in [2.24, 2.45) is 0 Å². The number of carbonyl (C=O) groups is 1. The van der Waals surface area contributed by atoms with Crippen molar-refractivity contribution < 1.29 is 9.53 Å². The molecule has 2 nitrogen and oxygen atoms in total. The number of hydrogen-bond acceptors (Lipinski definition) is 2. The highest BCUT2D eigenvalue weighted by Crippen LogP contribution is 2.13. The second-order valence-electron chi connectivity index (χ2n) is 2.04. The fourth-order valence-electron chi connectivity index (χ4n) is 0.806. The molecule has 0 aromatic rings. The Kier molecular flexibility index (Phi) is 1.88. The summed E-state index contributed by atoms with van der Waals surface area (Å²) >= 11 is 0. The maximum Gasteiger partial charge on any atom is 0.311 e. The van der Waals surface area contributed by atoms with E-state index in [2.05, 4.69) is 0 Å². The van der Waals surface area contributed by atoms with E-state index in [9.17, 15) is 4.79 Å². The van der Waals surface area contributed by atoms with Crippen LogP contribution in [0.3, 0.4) is 0 Å². The minimum absolute atomic E-state index is 0.0886. The average molecular weight is 126 g/mol. The highest BCUT2D eigenvalue weighted by molar-refractivity contribution is 5.71. The molecule has 2 heteroatoms. The summed E-state index contributed by atoms with van der Waals surface area (Å²) in [6.45, 7) is 1.98. The monoisotopic (exact) mass is 126 g/mol. The molecule has 1 aliphatic rings. The van der Waals surface area contributed by atoms with Crippen LogP contribution in [0.5, 0.6) is 0 Å². The van der Waals surface area contributed by atoms with Gasteiger partial charge in [0.1, 0.15) is 5.76 Å². The van der Waals surface area contributed by atoms with Crippen molar-refractivity contribution in [2.45, 2.75) is 26.2 Å². The molecule has 0 unspecified atom stereocenters. The Morgan fingerprint density at radius 2 is 2.56 bits per heavy atom. The molecule has 0 aliphatic carbocycles. The third kappa shape index (κ3) is 1.56. The lowest BCUT2D eigenvalue weighted by Gasteiger charge is -2.10. The predicted octanol–water partition coefficient (Wildman–Crippen LogP) is 1.62. The number of allylic oxidation sites excluding steroid dienone is 2. The number of ether oxygens (including phenoxy) is 1. The third-order valence-corrected chi connectivity index (χ3v) is 1.31. The van der Waals surface area contributed by atoms with Gasteiger partial charge in [-0.15, -0.1) is 0 Å². The molecule has 0 saturated carbocycles. The first kappa shape index (κ1) is 6.33. The maximum absolute atomic E-state index is 10.6. The molecule has 1 heterocycles. The first-order chi connectivity index (χ1) is 4.33. The van der Waals surface area contributed by atoms with E-state index in [1.54, 1.807) is 0 Å². The highest BCUT2D eigenvalue weighted by Gasteiger charge is 2.09. The minimum Gasteiger partial charge on any atom is -0.431 e. The van der Waals surface area contributed by atoms with Crippen LogP contribution in [-0.4, -0.2) is 5.97 Å². The molecule has 0 saturated heterocycles. The van der Waals surface area contributed by atoms with Gasteiger partial charge in [0.2, 0.25) is 0 Å². The molecular weight excluding hydrogens is 116 g/mol. The lowest BCUT2D eigenvalue weighted by Crippen LogP contribution is -2.07. The van der Waals surface area contributed by atoms with Crippen LogP contribution < -0.4 is 0 Å². The quantitative estimate of drug-likeness (QED) is 0.499. The molecule has 0 atom stereocenters. The fourth-order valence-corrected chi connectivity index (χ4v) is 0.806. The third-order valence-electron chi connectivity index (χ3n) is 1.31. The number of rotatable bonds is 1. The van der Waals surface area contributed by atoms with E-state index in [1.165, 1.54) is 0 Å². The van der Waals surface area contributed by atoms with Gasteiger partial charge in [0.25, 0.3) is 0 Å². The van der Waals surface area contributed by atoms with Crippen molar-refractivity contribution in [1.29, 1.82) is 0 Å². The van der Waals surface area contributed by atoms with E-state index >= 15 is 0 Å². The molecule has 1 aliphatic heterocycles. The Bertz CT molecular complexity index is 147. The van der Waals surface area contributed by atoms with Crippen LogP contribution in [0.2, 0.25) is 0 Å². The first-order valence-electron chi connectivity index (χ1n) is 3.22. The second-order valence-corrected chi connectivity index (χ2v) is 2.04. The van der Waals surface area contributed by atoms with Crippen LogP contribution in [0.1, 0.15) is 26.2 Å². The molecular formula is C7H10O2. The van der Waals surface area contributed by atoms with Gasteiger partial charge in [-0.2, -0.15) is 0 Å². The van der Waals surface area contributed by atoms with Gasteiger partial charge < -0.3 is 4.74 Å². The Labute approximate surface area is 54.5 Å². The van der Waals surface area contributed by atoms with Crippen molar-refractivity contribution in [3.05, 3.63) is 11.8 Å². The van der Waals surface area contributed by atoms with Gasteiger partial charge in [-0.1, -0.05) is 6.92 Å². The Hall–Kier alpha value is -0.790.